The van der Waals surface area contributed by atoms with Gasteiger partial charge < -0.3 is 10.0 Å². The summed E-state index contributed by atoms with van der Waals surface area (Å²) in [5, 5.41) is 9.57. The highest BCUT2D eigenvalue weighted by Gasteiger charge is 2.42. The summed E-state index contributed by atoms with van der Waals surface area (Å²) in [5.41, 5.74) is 1.50. The Morgan fingerprint density at radius 3 is 2.62 bits per heavy atom. The maximum Gasteiger partial charge on any atom is 0.264 e. The van der Waals surface area contributed by atoms with Crippen molar-refractivity contribution in [3.05, 3.63) is 27.8 Å². The lowest BCUT2D eigenvalue weighted by Gasteiger charge is -2.32. The zero-order valence-corrected chi connectivity index (χ0v) is 16.0. The first-order chi connectivity index (χ1) is 11.4. The van der Waals surface area contributed by atoms with E-state index in [0.717, 1.165) is 52.6 Å². The average molecular weight is 366 g/mol. The van der Waals surface area contributed by atoms with Crippen LogP contribution < -0.4 is 0 Å². The molecule has 0 atom stereocenters. The molecule has 2 aliphatic rings. The van der Waals surface area contributed by atoms with E-state index in [0.29, 0.717) is 17.6 Å². The Balaban J connectivity index is 2.12. The van der Waals surface area contributed by atoms with Gasteiger partial charge in [-0.2, -0.15) is 0 Å². The minimum Gasteiger partial charge on any atom is -0.515 e. The van der Waals surface area contributed by atoms with Crippen molar-refractivity contribution in [1.29, 1.82) is 0 Å². The van der Waals surface area contributed by atoms with Crippen LogP contribution in [-0.4, -0.2) is 40.5 Å². The van der Waals surface area contributed by atoms with Gasteiger partial charge in [-0.05, 0) is 30.6 Å². The first-order valence-corrected chi connectivity index (χ1v) is 10.2. The molecule has 1 aliphatic carbocycles. The van der Waals surface area contributed by atoms with Crippen molar-refractivity contribution in [2.75, 3.05) is 18.8 Å². The molecule has 1 aliphatic heterocycles. The lowest BCUT2D eigenvalue weighted by atomic mass is 9.71. The number of rotatable bonds is 3. The summed E-state index contributed by atoms with van der Waals surface area (Å²) in [5.74, 6) is 0.784. The number of ketones is 1. The highest BCUT2D eigenvalue weighted by molar-refractivity contribution is 8.01. The van der Waals surface area contributed by atoms with Crippen LogP contribution in [0.5, 0.6) is 0 Å². The number of aliphatic hydroxyl groups is 1. The van der Waals surface area contributed by atoms with E-state index in [9.17, 15) is 14.7 Å². The summed E-state index contributed by atoms with van der Waals surface area (Å²) in [6.07, 6.45) is 3.66. The van der Waals surface area contributed by atoms with Crippen molar-refractivity contribution in [3.63, 3.8) is 0 Å². The molecule has 1 amide bonds. The third-order valence-electron chi connectivity index (χ3n) is 4.79. The van der Waals surface area contributed by atoms with Crippen molar-refractivity contribution >= 4 is 34.8 Å². The smallest absolute Gasteiger partial charge is 0.264 e. The highest BCUT2D eigenvalue weighted by atomic mass is 32.2. The number of carbonyl (C=O) groups excluding carboxylic acids is 2. The molecule has 24 heavy (non-hydrogen) atoms. The largest absolute Gasteiger partial charge is 0.515 e. The number of thiophene rings is 1. The second-order valence-electron chi connectivity index (χ2n) is 6.94. The molecular weight excluding hydrogens is 342 g/mol. The van der Waals surface area contributed by atoms with E-state index in [1.807, 2.05) is 25.7 Å². The zero-order chi connectivity index (χ0) is 17.5. The predicted octanol–water partition coefficient (Wildman–Crippen LogP) is 4.30. The first kappa shape index (κ1) is 17.5. The number of thioether (sulfide) groups is 1. The third-order valence-corrected chi connectivity index (χ3v) is 7.16. The van der Waals surface area contributed by atoms with Crippen LogP contribution in [0.2, 0.25) is 0 Å². The van der Waals surface area contributed by atoms with Gasteiger partial charge in [-0.15, -0.1) is 23.1 Å². The molecule has 0 spiro atoms. The molecule has 3 rings (SSSR count). The Hall–Kier alpha value is -1.27. The zero-order valence-electron chi connectivity index (χ0n) is 14.3. The molecule has 2 heterocycles. The second kappa shape index (κ2) is 6.56. The third kappa shape index (κ3) is 2.80. The summed E-state index contributed by atoms with van der Waals surface area (Å²) in [6, 6.07) is 0. The van der Waals surface area contributed by atoms with Gasteiger partial charge in [0.2, 0.25) is 0 Å². The molecule has 4 nitrogen and oxygen atoms in total. The molecule has 0 bridgehead atoms. The number of carbonyl (C=O) groups is 2. The molecule has 1 N–H and O–H groups in total. The summed E-state index contributed by atoms with van der Waals surface area (Å²) >= 11 is 3.06. The predicted molar refractivity (Wildman–Crippen MR) is 98.4 cm³/mol. The van der Waals surface area contributed by atoms with Gasteiger partial charge in [0.1, 0.15) is 0 Å². The van der Waals surface area contributed by atoms with E-state index >= 15 is 0 Å². The molecule has 1 aromatic heterocycles. The molecule has 0 radical (unpaired) electrons. The fourth-order valence-electron chi connectivity index (χ4n) is 3.52. The van der Waals surface area contributed by atoms with Crippen LogP contribution in [0.15, 0.2) is 16.0 Å². The number of Topliss-reactive ketones (excluding diaryl/α,β-unsaturated/α-hetero) is 1. The Labute approximate surface area is 150 Å². The Morgan fingerprint density at radius 1 is 1.38 bits per heavy atom. The second-order valence-corrected chi connectivity index (χ2v) is 9.49. The molecule has 1 fully saturated rings. The summed E-state index contributed by atoms with van der Waals surface area (Å²) in [4.78, 5) is 28.5. The van der Waals surface area contributed by atoms with E-state index in [4.69, 9.17) is 0 Å². The van der Waals surface area contributed by atoms with Crippen molar-refractivity contribution in [1.82, 2.24) is 4.90 Å². The van der Waals surface area contributed by atoms with E-state index in [2.05, 4.69) is 0 Å². The van der Waals surface area contributed by atoms with Gasteiger partial charge >= 0.3 is 0 Å². The van der Waals surface area contributed by atoms with Crippen LogP contribution in [-0.2, 0) is 6.42 Å². The normalized spacial score (nSPS) is 21.4. The topological polar surface area (TPSA) is 57.6 Å². The quantitative estimate of drug-likeness (QED) is 0.493. The van der Waals surface area contributed by atoms with E-state index in [1.54, 1.807) is 11.8 Å². The summed E-state index contributed by atoms with van der Waals surface area (Å²) in [6.45, 7) is 7.55. The van der Waals surface area contributed by atoms with E-state index in [-0.39, 0.29) is 11.7 Å². The number of hydrogen-bond donors (Lipinski definition) is 1. The summed E-state index contributed by atoms with van der Waals surface area (Å²) < 4.78 is 0.912. The van der Waals surface area contributed by atoms with E-state index < -0.39 is 5.41 Å². The molecular formula is C18H23NO3S2. The van der Waals surface area contributed by atoms with Crippen LogP contribution in [0, 0.1) is 5.41 Å². The van der Waals surface area contributed by atoms with E-state index in [1.165, 1.54) is 11.3 Å². The first-order valence-electron chi connectivity index (χ1n) is 8.38. The SMILES string of the molecule is CCSc1sc(C(=O)N2CCCC2)c2c1C(=O)C(=CO)C(C)(C)C2. The average Bonchev–Trinajstić information content (AvgIpc) is 3.15. The van der Waals surface area contributed by atoms with Crippen LogP contribution in [0.4, 0.5) is 0 Å². The molecule has 130 valence electrons. The maximum absolute atomic E-state index is 13.0. The number of amides is 1. The van der Waals surface area contributed by atoms with Gasteiger partial charge in [-0.25, -0.2) is 0 Å². The Kier molecular flexibility index (Phi) is 4.80. The van der Waals surface area contributed by atoms with Crippen molar-refractivity contribution in [3.8, 4) is 0 Å². The fraction of sp³-hybridized carbons (Fsp3) is 0.556. The van der Waals surface area contributed by atoms with Crippen LogP contribution in [0.25, 0.3) is 0 Å². The van der Waals surface area contributed by atoms with Gasteiger partial charge in [0.15, 0.2) is 5.78 Å². The van der Waals surface area contributed by atoms with Crippen molar-refractivity contribution < 1.29 is 14.7 Å². The monoisotopic (exact) mass is 365 g/mol. The maximum atomic E-state index is 13.0. The Morgan fingerprint density at radius 2 is 2.04 bits per heavy atom. The summed E-state index contributed by atoms with van der Waals surface area (Å²) in [7, 11) is 0. The van der Waals surface area contributed by atoms with Gasteiger partial charge in [0.05, 0.1) is 20.9 Å². The highest BCUT2D eigenvalue weighted by Crippen LogP contribution is 2.47. The molecule has 0 saturated carbocycles. The molecule has 6 heteroatoms. The Bertz CT molecular complexity index is 712. The molecule has 1 aromatic rings. The van der Waals surface area contributed by atoms with Crippen molar-refractivity contribution in [2.24, 2.45) is 5.41 Å². The van der Waals surface area contributed by atoms with Crippen LogP contribution in [0.3, 0.4) is 0 Å². The van der Waals surface area contributed by atoms with Crippen molar-refractivity contribution in [2.45, 2.75) is 44.2 Å². The number of aliphatic hydroxyl groups excluding tert-OH is 1. The van der Waals surface area contributed by atoms with Gasteiger partial charge in [0, 0.05) is 24.1 Å². The number of allylic oxidation sites excluding steroid dienone is 1. The lowest BCUT2D eigenvalue weighted by molar-refractivity contribution is 0.0796. The van der Waals surface area contributed by atoms with Crippen LogP contribution >= 0.6 is 23.1 Å². The lowest BCUT2D eigenvalue weighted by Crippen LogP contribution is -2.33. The van der Waals surface area contributed by atoms with Gasteiger partial charge in [0.25, 0.3) is 5.91 Å². The minimum absolute atomic E-state index is 0.0664. The molecule has 1 saturated heterocycles. The number of fused-ring (bicyclic) bond motifs is 1. The number of nitrogens with zero attached hydrogens (tertiary/aromatic N) is 1. The minimum atomic E-state index is -0.464. The molecule has 0 unspecified atom stereocenters. The van der Waals surface area contributed by atoms with Gasteiger partial charge in [-0.3, -0.25) is 9.59 Å². The standard InChI is InChI=1S/C18H23NO3S2/c1-4-23-17-13-11(9-18(2,3)12(10-20)14(13)21)15(24-17)16(22)19-7-5-6-8-19/h10,20H,4-9H2,1-3H3. The number of likely N-dealkylation sites (tertiary alicyclic amines) is 1. The fourth-order valence-corrected chi connectivity index (χ4v) is 6.00. The number of hydrogen-bond acceptors (Lipinski definition) is 5. The molecule has 0 aromatic carbocycles. The van der Waals surface area contributed by atoms with Gasteiger partial charge in [-0.1, -0.05) is 20.8 Å². The van der Waals surface area contributed by atoms with Crippen LogP contribution in [0.1, 0.15) is 59.2 Å².